The Hall–Kier alpha value is -3.88. The Morgan fingerprint density at radius 3 is 2.88 bits per heavy atom. The van der Waals surface area contributed by atoms with Gasteiger partial charge in [-0.05, 0) is 49.8 Å². The summed E-state index contributed by atoms with van der Waals surface area (Å²) in [6.45, 7) is 5.13. The standard InChI is InChI=1S/C23H27N7O2/c1-14-5-6-17(26-22(31)21-9-15(2)30(3)29-21)11-20(14)28-23-25-8-7-19(27-23)16-10-18(32-4)13-24-12-16/h5-7,9-11,13,16H,8,12H2,1-4H3,(H,26,31)(H2,25,27,28). The van der Waals surface area contributed by atoms with E-state index < -0.39 is 0 Å². The number of aryl methyl sites for hydroxylation is 3. The van der Waals surface area contributed by atoms with Gasteiger partial charge in [0.1, 0.15) is 5.76 Å². The summed E-state index contributed by atoms with van der Waals surface area (Å²) >= 11 is 0. The van der Waals surface area contributed by atoms with E-state index in [0.29, 0.717) is 30.4 Å². The number of aliphatic imine (C=N–C) groups is 2. The van der Waals surface area contributed by atoms with Gasteiger partial charge in [0.2, 0.25) is 0 Å². The molecule has 2 aliphatic heterocycles. The molecule has 1 amide bonds. The zero-order chi connectivity index (χ0) is 22.7. The van der Waals surface area contributed by atoms with Gasteiger partial charge in [0.05, 0.1) is 26.4 Å². The summed E-state index contributed by atoms with van der Waals surface area (Å²) in [5, 5.41) is 13.9. The van der Waals surface area contributed by atoms with Crippen molar-refractivity contribution in [3.8, 4) is 0 Å². The van der Waals surface area contributed by atoms with E-state index in [1.807, 2.05) is 39.1 Å². The summed E-state index contributed by atoms with van der Waals surface area (Å²) in [6, 6.07) is 7.47. The molecule has 2 aliphatic rings. The summed E-state index contributed by atoms with van der Waals surface area (Å²) in [7, 11) is 3.45. The number of hydrogen-bond donors (Lipinski definition) is 3. The predicted molar refractivity (Wildman–Crippen MR) is 126 cm³/mol. The number of allylic oxidation sites excluding steroid dienone is 1. The number of guanidine groups is 1. The van der Waals surface area contributed by atoms with E-state index in [-0.39, 0.29) is 11.8 Å². The molecule has 0 spiro atoms. The van der Waals surface area contributed by atoms with Crippen LogP contribution in [0.4, 0.5) is 11.4 Å². The largest absolute Gasteiger partial charge is 0.495 e. The molecule has 0 fully saturated rings. The number of amides is 1. The van der Waals surface area contributed by atoms with Crippen molar-refractivity contribution in [2.24, 2.45) is 23.0 Å². The number of ether oxygens (including phenoxy) is 1. The van der Waals surface area contributed by atoms with Crippen LogP contribution in [0, 0.1) is 19.8 Å². The Morgan fingerprint density at radius 2 is 2.12 bits per heavy atom. The number of carbonyl (C=O) groups is 1. The highest BCUT2D eigenvalue weighted by Gasteiger charge is 2.19. The molecule has 9 nitrogen and oxygen atoms in total. The lowest BCUT2D eigenvalue weighted by Crippen LogP contribution is -2.36. The zero-order valence-corrected chi connectivity index (χ0v) is 18.6. The fraction of sp³-hybridized carbons (Fsp3) is 0.304. The first-order chi connectivity index (χ1) is 15.4. The number of rotatable bonds is 5. The maximum Gasteiger partial charge on any atom is 0.276 e. The van der Waals surface area contributed by atoms with Crippen LogP contribution in [0.5, 0.6) is 0 Å². The molecular weight excluding hydrogens is 406 g/mol. The molecule has 0 saturated heterocycles. The average Bonchev–Trinajstić information content (AvgIpc) is 3.14. The second kappa shape index (κ2) is 9.09. The van der Waals surface area contributed by atoms with E-state index in [4.69, 9.17) is 4.74 Å². The Bertz CT molecular complexity index is 1140. The van der Waals surface area contributed by atoms with E-state index in [1.54, 1.807) is 24.1 Å². The number of carbonyl (C=O) groups excluding carboxylic acids is 1. The molecular formula is C23H27N7O2. The molecule has 0 saturated carbocycles. The van der Waals surface area contributed by atoms with Crippen LogP contribution < -0.4 is 16.0 Å². The van der Waals surface area contributed by atoms with Crippen molar-refractivity contribution in [3.63, 3.8) is 0 Å². The van der Waals surface area contributed by atoms with Crippen molar-refractivity contribution in [1.82, 2.24) is 15.1 Å². The van der Waals surface area contributed by atoms with Crippen LogP contribution in [0.25, 0.3) is 0 Å². The number of nitrogens with zero attached hydrogens (tertiary/aromatic N) is 4. The van der Waals surface area contributed by atoms with E-state index in [2.05, 4.69) is 43.2 Å². The van der Waals surface area contributed by atoms with Crippen LogP contribution in [0.3, 0.4) is 0 Å². The Balaban J connectivity index is 1.44. The minimum atomic E-state index is -0.250. The molecule has 0 bridgehead atoms. The summed E-state index contributed by atoms with van der Waals surface area (Å²) < 4.78 is 6.98. The molecule has 3 heterocycles. The predicted octanol–water partition coefficient (Wildman–Crippen LogP) is 2.78. The lowest BCUT2D eigenvalue weighted by molar-refractivity contribution is 0.102. The molecule has 9 heteroatoms. The van der Waals surface area contributed by atoms with Crippen molar-refractivity contribution < 1.29 is 9.53 Å². The number of hydrogen-bond acceptors (Lipinski definition) is 7. The number of anilines is 2. The van der Waals surface area contributed by atoms with E-state index in [9.17, 15) is 4.79 Å². The van der Waals surface area contributed by atoms with E-state index in [1.165, 1.54) is 0 Å². The maximum absolute atomic E-state index is 12.6. The molecule has 166 valence electrons. The van der Waals surface area contributed by atoms with Gasteiger partial charge < -0.3 is 20.7 Å². The van der Waals surface area contributed by atoms with Gasteiger partial charge in [-0.3, -0.25) is 14.5 Å². The number of dihydropyridines is 1. The van der Waals surface area contributed by atoms with Gasteiger partial charge in [0, 0.05) is 35.7 Å². The second-order valence-electron chi connectivity index (χ2n) is 7.75. The monoisotopic (exact) mass is 433 g/mol. The molecule has 1 atom stereocenters. The second-order valence-corrected chi connectivity index (χ2v) is 7.75. The van der Waals surface area contributed by atoms with Crippen molar-refractivity contribution in [1.29, 1.82) is 0 Å². The van der Waals surface area contributed by atoms with Gasteiger partial charge in [-0.1, -0.05) is 6.07 Å². The normalized spacial score (nSPS) is 17.6. The van der Waals surface area contributed by atoms with Gasteiger partial charge in [0.15, 0.2) is 11.7 Å². The Kier molecular flexibility index (Phi) is 6.07. The van der Waals surface area contributed by atoms with Crippen molar-refractivity contribution in [2.75, 3.05) is 30.8 Å². The number of benzene rings is 1. The highest BCUT2D eigenvalue weighted by molar-refractivity contribution is 6.03. The third-order valence-corrected chi connectivity index (χ3v) is 5.44. The van der Waals surface area contributed by atoms with Crippen molar-refractivity contribution in [3.05, 3.63) is 64.8 Å². The molecule has 0 radical (unpaired) electrons. The minimum absolute atomic E-state index is 0.107. The molecule has 4 rings (SSSR count). The maximum atomic E-state index is 12.6. The summed E-state index contributed by atoms with van der Waals surface area (Å²) in [4.78, 5) is 21.5. The highest BCUT2D eigenvalue weighted by atomic mass is 16.5. The van der Waals surface area contributed by atoms with Crippen LogP contribution >= 0.6 is 0 Å². The lowest BCUT2D eigenvalue weighted by atomic mass is 10.0. The number of aromatic nitrogens is 2. The third kappa shape index (κ3) is 4.72. The Morgan fingerprint density at radius 1 is 1.28 bits per heavy atom. The molecule has 32 heavy (non-hydrogen) atoms. The molecule has 2 aromatic rings. The van der Waals surface area contributed by atoms with Gasteiger partial charge in [-0.15, -0.1) is 0 Å². The molecule has 1 aromatic carbocycles. The number of nitrogens with one attached hydrogen (secondary N) is 3. The molecule has 0 aliphatic carbocycles. The van der Waals surface area contributed by atoms with Gasteiger partial charge in [0.25, 0.3) is 5.91 Å². The fourth-order valence-corrected chi connectivity index (χ4v) is 3.47. The van der Waals surface area contributed by atoms with Crippen molar-refractivity contribution >= 4 is 29.5 Å². The van der Waals surface area contributed by atoms with Crippen LogP contribution in [-0.2, 0) is 11.8 Å². The van der Waals surface area contributed by atoms with Crippen molar-refractivity contribution in [2.45, 2.75) is 13.8 Å². The van der Waals surface area contributed by atoms with Crippen LogP contribution in [-0.4, -0.2) is 48.1 Å². The van der Waals surface area contributed by atoms with E-state index in [0.717, 1.165) is 28.4 Å². The molecule has 1 aromatic heterocycles. The van der Waals surface area contributed by atoms with Crippen LogP contribution in [0.1, 0.15) is 21.7 Å². The third-order valence-electron chi connectivity index (χ3n) is 5.44. The SMILES string of the molecule is COC1=CC(C2=CCN=C(Nc3cc(NC(=O)c4cc(C)n(C)n4)ccc3C)N2)CN=C1. The fourth-order valence-electron chi connectivity index (χ4n) is 3.47. The Labute approximate surface area is 187 Å². The van der Waals surface area contributed by atoms with Gasteiger partial charge >= 0.3 is 0 Å². The first-order valence-electron chi connectivity index (χ1n) is 10.4. The van der Waals surface area contributed by atoms with Crippen LogP contribution in [0.15, 0.2) is 57.9 Å². The highest BCUT2D eigenvalue weighted by Crippen LogP contribution is 2.23. The minimum Gasteiger partial charge on any atom is -0.495 e. The van der Waals surface area contributed by atoms with E-state index >= 15 is 0 Å². The summed E-state index contributed by atoms with van der Waals surface area (Å²) in [5.74, 6) is 1.26. The van der Waals surface area contributed by atoms with Gasteiger partial charge in [-0.25, -0.2) is 4.99 Å². The first-order valence-corrected chi connectivity index (χ1v) is 10.4. The average molecular weight is 434 g/mol. The zero-order valence-electron chi connectivity index (χ0n) is 18.6. The smallest absolute Gasteiger partial charge is 0.276 e. The van der Waals surface area contributed by atoms with Gasteiger partial charge in [-0.2, -0.15) is 5.10 Å². The van der Waals surface area contributed by atoms with Crippen LogP contribution in [0.2, 0.25) is 0 Å². The number of methoxy groups -OCH3 is 1. The lowest BCUT2D eigenvalue weighted by Gasteiger charge is -2.24. The molecule has 1 unspecified atom stereocenters. The first kappa shape index (κ1) is 21.4. The quantitative estimate of drug-likeness (QED) is 0.673. The topological polar surface area (TPSA) is 105 Å². The molecule has 3 N–H and O–H groups in total. The summed E-state index contributed by atoms with van der Waals surface area (Å²) in [6.07, 6.45) is 5.84. The summed E-state index contributed by atoms with van der Waals surface area (Å²) in [5.41, 5.74) is 4.88.